The van der Waals surface area contributed by atoms with E-state index in [2.05, 4.69) is 25.5 Å². The Kier molecular flexibility index (Phi) is 6.20. The van der Waals surface area contributed by atoms with Gasteiger partial charge in [0.25, 0.3) is 0 Å². The molecule has 0 atom stereocenters. The van der Waals surface area contributed by atoms with Gasteiger partial charge in [0.2, 0.25) is 5.91 Å². The number of urea groups is 1. The number of fused-ring (bicyclic) bond motifs is 1. The van der Waals surface area contributed by atoms with E-state index in [1.54, 1.807) is 11.7 Å². The zero-order valence-electron chi connectivity index (χ0n) is 19.1. The number of piperazine rings is 1. The van der Waals surface area contributed by atoms with Crippen molar-refractivity contribution < 1.29 is 14.0 Å². The number of amides is 3. The number of nitrogens with zero attached hydrogens (tertiary/aromatic N) is 5. The number of aryl methyl sites for hydroxylation is 1. The summed E-state index contributed by atoms with van der Waals surface area (Å²) < 4.78 is 16.9. The van der Waals surface area contributed by atoms with E-state index in [1.807, 2.05) is 6.07 Å². The first kappa shape index (κ1) is 22.1. The second-order valence-electron chi connectivity index (χ2n) is 9.33. The lowest BCUT2D eigenvalue weighted by Gasteiger charge is -2.37. The number of hydrogen-bond acceptors (Lipinski definition) is 6. The zero-order valence-corrected chi connectivity index (χ0v) is 19.1. The summed E-state index contributed by atoms with van der Waals surface area (Å²) in [5.41, 5.74) is 1.34. The molecular formula is C23H32FN7O2. The Morgan fingerprint density at radius 1 is 1.09 bits per heavy atom. The summed E-state index contributed by atoms with van der Waals surface area (Å²) in [7, 11) is 1.79. The molecule has 0 saturated carbocycles. The van der Waals surface area contributed by atoms with Crippen LogP contribution in [0, 0.1) is 11.7 Å². The SMILES string of the molecule is Cn1nc(N2CCC(=O)NC2=O)c2cc(F)c(N3CCN(CCC4CCNCC4)CC3)cc21. The smallest absolute Gasteiger partial charge is 0.329 e. The number of carbonyl (C=O) groups is 2. The summed E-state index contributed by atoms with van der Waals surface area (Å²) in [6.45, 7) is 7.06. The summed E-state index contributed by atoms with van der Waals surface area (Å²) in [6, 6.07) is 2.79. The van der Waals surface area contributed by atoms with Crippen LogP contribution in [0.2, 0.25) is 0 Å². The second kappa shape index (κ2) is 9.26. The molecule has 4 heterocycles. The maximum absolute atomic E-state index is 15.2. The maximum atomic E-state index is 15.2. The molecule has 3 aliphatic heterocycles. The van der Waals surface area contributed by atoms with Crippen LogP contribution >= 0.6 is 0 Å². The topological polar surface area (TPSA) is 85.7 Å². The van der Waals surface area contributed by atoms with Crippen molar-refractivity contribution in [2.45, 2.75) is 25.7 Å². The van der Waals surface area contributed by atoms with Gasteiger partial charge in [-0.15, -0.1) is 0 Å². The van der Waals surface area contributed by atoms with Crippen LogP contribution in [0.3, 0.4) is 0 Å². The van der Waals surface area contributed by atoms with Gasteiger partial charge >= 0.3 is 6.03 Å². The van der Waals surface area contributed by atoms with Gasteiger partial charge in [-0.1, -0.05) is 0 Å². The van der Waals surface area contributed by atoms with Crippen molar-refractivity contribution in [3.63, 3.8) is 0 Å². The number of aromatic nitrogens is 2. The predicted octanol–water partition coefficient (Wildman–Crippen LogP) is 1.67. The Morgan fingerprint density at radius 2 is 1.85 bits per heavy atom. The van der Waals surface area contributed by atoms with Gasteiger partial charge < -0.3 is 10.2 Å². The first-order chi connectivity index (χ1) is 16.0. The molecule has 0 unspecified atom stereocenters. The van der Waals surface area contributed by atoms with E-state index in [1.165, 1.54) is 30.2 Å². The van der Waals surface area contributed by atoms with E-state index in [9.17, 15) is 9.59 Å². The van der Waals surface area contributed by atoms with Crippen LogP contribution in [-0.2, 0) is 11.8 Å². The Hall–Kier alpha value is -2.72. The summed E-state index contributed by atoms with van der Waals surface area (Å²) in [5, 5.41) is 10.8. The summed E-state index contributed by atoms with van der Waals surface area (Å²) >= 11 is 0. The minimum atomic E-state index is -0.517. The van der Waals surface area contributed by atoms with Gasteiger partial charge in [0.05, 0.1) is 11.2 Å². The number of rotatable bonds is 5. The highest BCUT2D eigenvalue weighted by Crippen LogP contribution is 2.33. The van der Waals surface area contributed by atoms with Gasteiger partial charge in [-0.3, -0.25) is 24.6 Å². The molecule has 0 bridgehead atoms. The third-order valence-corrected chi connectivity index (χ3v) is 7.23. The van der Waals surface area contributed by atoms with Crippen molar-refractivity contribution in [1.29, 1.82) is 0 Å². The highest BCUT2D eigenvalue weighted by atomic mass is 19.1. The molecule has 33 heavy (non-hydrogen) atoms. The van der Waals surface area contributed by atoms with Crippen LogP contribution in [0.25, 0.3) is 10.9 Å². The minimum Gasteiger partial charge on any atom is -0.367 e. The van der Waals surface area contributed by atoms with Crippen LogP contribution in [0.5, 0.6) is 0 Å². The Labute approximate surface area is 192 Å². The van der Waals surface area contributed by atoms with Gasteiger partial charge in [-0.05, 0) is 56.9 Å². The summed E-state index contributed by atoms with van der Waals surface area (Å²) in [5.74, 6) is 0.585. The molecule has 0 spiro atoms. The fraction of sp³-hybridized carbons (Fsp3) is 0.609. The van der Waals surface area contributed by atoms with E-state index in [0.717, 1.165) is 57.2 Å². The molecule has 3 fully saturated rings. The first-order valence-electron chi connectivity index (χ1n) is 11.9. The van der Waals surface area contributed by atoms with Crippen molar-refractivity contribution in [2.24, 2.45) is 13.0 Å². The van der Waals surface area contributed by atoms with Gasteiger partial charge in [0.15, 0.2) is 5.82 Å². The number of halogens is 1. The minimum absolute atomic E-state index is 0.201. The summed E-state index contributed by atoms with van der Waals surface area (Å²) in [4.78, 5) is 29.8. The Morgan fingerprint density at radius 3 is 2.58 bits per heavy atom. The third-order valence-electron chi connectivity index (χ3n) is 7.23. The average molecular weight is 458 g/mol. The Balaban J connectivity index is 1.27. The lowest BCUT2D eigenvalue weighted by molar-refractivity contribution is -0.120. The van der Waals surface area contributed by atoms with Crippen LogP contribution in [0.1, 0.15) is 25.7 Å². The summed E-state index contributed by atoms with van der Waals surface area (Å²) in [6.07, 6.45) is 3.99. The normalized spacial score (nSPS) is 21.2. The average Bonchev–Trinajstić information content (AvgIpc) is 3.13. The van der Waals surface area contributed by atoms with Gasteiger partial charge in [0, 0.05) is 51.6 Å². The van der Waals surface area contributed by atoms with Gasteiger partial charge in [-0.25, -0.2) is 9.18 Å². The van der Waals surface area contributed by atoms with Crippen molar-refractivity contribution >= 4 is 34.3 Å². The molecule has 3 saturated heterocycles. The molecule has 2 N–H and O–H groups in total. The van der Waals surface area contributed by atoms with Gasteiger partial charge in [-0.2, -0.15) is 5.10 Å². The van der Waals surface area contributed by atoms with E-state index in [-0.39, 0.29) is 24.7 Å². The van der Waals surface area contributed by atoms with Crippen molar-refractivity contribution in [2.75, 3.05) is 62.2 Å². The third kappa shape index (κ3) is 4.54. The molecule has 1 aromatic carbocycles. The van der Waals surface area contributed by atoms with E-state index in [4.69, 9.17) is 0 Å². The molecule has 3 aliphatic rings. The largest absolute Gasteiger partial charge is 0.367 e. The first-order valence-corrected chi connectivity index (χ1v) is 11.9. The standard InChI is InChI=1S/C23H32FN7O2/c1-28-19-15-20(30-12-10-29(11-13-30)8-4-16-2-6-25-7-3-16)18(24)14-17(19)22(27-28)31-9-5-21(32)26-23(31)33/h14-16,25H,2-13H2,1H3,(H,26,32,33). The van der Waals surface area contributed by atoms with Crippen molar-refractivity contribution in [3.05, 3.63) is 17.9 Å². The van der Waals surface area contributed by atoms with Crippen LogP contribution < -0.4 is 20.4 Å². The van der Waals surface area contributed by atoms with E-state index < -0.39 is 6.03 Å². The number of hydrogen-bond donors (Lipinski definition) is 2. The van der Waals surface area contributed by atoms with Crippen LogP contribution in [0.15, 0.2) is 12.1 Å². The molecule has 5 rings (SSSR count). The highest BCUT2D eigenvalue weighted by Gasteiger charge is 2.29. The maximum Gasteiger partial charge on any atom is 0.329 e. The molecule has 10 heteroatoms. The van der Waals surface area contributed by atoms with Crippen molar-refractivity contribution in [1.82, 2.24) is 25.3 Å². The highest BCUT2D eigenvalue weighted by molar-refractivity contribution is 6.09. The lowest BCUT2D eigenvalue weighted by atomic mass is 9.94. The number of imide groups is 1. The monoisotopic (exact) mass is 457 g/mol. The fourth-order valence-corrected chi connectivity index (χ4v) is 5.20. The molecule has 3 amide bonds. The molecule has 0 aliphatic carbocycles. The van der Waals surface area contributed by atoms with Gasteiger partial charge in [0.1, 0.15) is 5.82 Å². The molecule has 2 aromatic rings. The molecule has 0 radical (unpaired) electrons. The lowest BCUT2D eigenvalue weighted by Crippen LogP contribution is -2.49. The van der Waals surface area contributed by atoms with Crippen LogP contribution in [0.4, 0.5) is 20.7 Å². The molecule has 9 nitrogen and oxygen atoms in total. The van der Waals surface area contributed by atoms with Crippen molar-refractivity contribution in [3.8, 4) is 0 Å². The Bertz CT molecular complexity index is 1040. The second-order valence-corrected chi connectivity index (χ2v) is 9.33. The fourth-order valence-electron chi connectivity index (χ4n) is 5.20. The number of benzene rings is 1. The molecule has 178 valence electrons. The quantitative estimate of drug-likeness (QED) is 0.711. The molecular weight excluding hydrogens is 425 g/mol. The number of carbonyl (C=O) groups excluding carboxylic acids is 2. The van der Waals surface area contributed by atoms with E-state index in [0.29, 0.717) is 16.9 Å². The number of nitrogens with one attached hydrogen (secondary N) is 2. The molecule has 1 aromatic heterocycles. The number of piperidine rings is 1. The predicted molar refractivity (Wildman–Crippen MR) is 125 cm³/mol. The zero-order chi connectivity index (χ0) is 22.9. The number of anilines is 2. The van der Waals surface area contributed by atoms with E-state index >= 15 is 4.39 Å². The van der Waals surface area contributed by atoms with Crippen LogP contribution in [-0.4, -0.2) is 79.0 Å².